The quantitative estimate of drug-likeness (QED) is 0.784. The molecule has 0 saturated heterocycles. The standard InChI is InChI=1S/C12H18ClNO4S/c1-5-8(3)14(6-2)12(15)10-7-11(9(4)18-10)19(13,16)17/h7-8H,5-6H2,1-4H3. The van der Waals surface area contributed by atoms with Crippen LogP contribution in [0.5, 0.6) is 0 Å². The molecule has 0 bridgehead atoms. The van der Waals surface area contributed by atoms with Gasteiger partial charge in [-0.1, -0.05) is 6.92 Å². The van der Waals surface area contributed by atoms with Crippen molar-refractivity contribution in [2.24, 2.45) is 0 Å². The summed E-state index contributed by atoms with van der Waals surface area (Å²) in [5.41, 5.74) is 0. The normalized spacial score (nSPS) is 13.3. The van der Waals surface area contributed by atoms with Gasteiger partial charge in [-0.2, -0.15) is 0 Å². The molecule has 1 rings (SSSR count). The van der Waals surface area contributed by atoms with Gasteiger partial charge in [-0.05, 0) is 27.2 Å². The van der Waals surface area contributed by atoms with Gasteiger partial charge in [0.1, 0.15) is 10.7 Å². The van der Waals surface area contributed by atoms with Crippen molar-refractivity contribution in [3.63, 3.8) is 0 Å². The Balaban J connectivity index is 3.14. The van der Waals surface area contributed by atoms with Crippen LogP contribution in [-0.2, 0) is 9.05 Å². The topological polar surface area (TPSA) is 67.6 Å². The average molecular weight is 308 g/mol. The van der Waals surface area contributed by atoms with Gasteiger partial charge >= 0.3 is 0 Å². The minimum atomic E-state index is -3.90. The molecule has 1 unspecified atom stereocenters. The predicted octanol–water partition coefficient (Wildman–Crippen LogP) is 2.78. The van der Waals surface area contributed by atoms with Gasteiger partial charge in [0.15, 0.2) is 5.76 Å². The highest BCUT2D eigenvalue weighted by molar-refractivity contribution is 8.13. The molecule has 0 radical (unpaired) electrons. The maximum absolute atomic E-state index is 12.3. The Bertz CT molecular complexity index is 564. The number of halogens is 1. The smallest absolute Gasteiger partial charge is 0.289 e. The molecular weight excluding hydrogens is 290 g/mol. The van der Waals surface area contributed by atoms with Crippen LogP contribution in [0.4, 0.5) is 0 Å². The first-order valence-electron chi connectivity index (χ1n) is 6.08. The van der Waals surface area contributed by atoms with Crippen LogP contribution in [0.3, 0.4) is 0 Å². The zero-order valence-electron chi connectivity index (χ0n) is 11.4. The summed E-state index contributed by atoms with van der Waals surface area (Å²) < 4.78 is 27.8. The van der Waals surface area contributed by atoms with E-state index in [9.17, 15) is 13.2 Å². The Morgan fingerprint density at radius 3 is 2.42 bits per heavy atom. The van der Waals surface area contributed by atoms with E-state index in [-0.39, 0.29) is 28.4 Å². The Hall–Kier alpha value is -1.01. The number of hydrogen-bond acceptors (Lipinski definition) is 4. The summed E-state index contributed by atoms with van der Waals surface area (Å²) >= 11 is 0. The number of furan rings is 1. The molecule has 0 aliphatic carbocycles. The monoisotopic (exact) mass is 307 g/mol. The Morgan fingerprint density at radius 2 is 2.05 bits per heavy atom. The Kier molecular flexibility index (Phi) is 5.04. The van der Waals surface area contributed by atoms with Gasteiger partial charge in [0.25, 0.3) is 15.0 Å². The zero-order valence-corrected chi connectivity index (χ0v) is 13.0. The molecule has 0 saturated carbocycles. The van der Waals surface area contributed by atoms with Crippen LogP contribution in [0.2, 0.25) is 0 Å². The van der Waals surface area contributed by atoms with Crippen LogP contribution in [0.25, 0.3) is 0 Å². The van der Waals surface area contributed by atoms with Crippen molar-refractivity contribution in [2.45, 2.75) is 45.1 Å². The minimum Gasteiger partial charge on any atom is -0.455 e. The van der Waals surface area contributed by atoms with Gasteiger partial charge in [0, 0.05) is 29.3 Å². The van der Waals surface area contributed by atoms with Crippen molar-refractivity contribution in [3.8, 4) is 0 Å². The largest absolute Gasteiger partial charge is 0.455 e. The summed E-state index contributed by atoms with van der Waals surface area (Å²) in [6.45, 7) is 7.75. The third-order valence-electron chi connectivity index (χ3n) is 3.07. The Morgan fingerprint density at radius 1 is 1.47 bits per heavy atom. The van der Waals surface area contributed by atoms with Crippen LogP contribution in [-0.4, -0.2) is 31.8 Å². The van der Waals surface area contributed by atoms with E-state index in [0.717, 1.165) is 6.42 Å². The first kappa shape index (κ1) is 16.0. The first-order valence-corrected chi connectivity index (χ1v) is 8.39. The molecule has 5 nitrogen and oxygen atoms in total. The summed E-state index contributed by atoms with van der Waals surface area (Å²) in [5.74, 6) is -0.205. The lowest BCUT2D eigenvalue weighted by Crippen LogP contribution is -2.37. The number of amides is 1. The fourth-order valence-corrected chi connectivity index (χ4v) is 2.92. The molecule has 1 aromatic rings. The van der Waals surface area contributed by atoms with E-state index in [1.807, 2.05) is 20.8 Å². The number of nitrogens with zero attached hydrogens (tertiary/aromatic N) is 1. The summed E-state index contributed by atoms with van der Waals surface area (Å²) in [6.07, 6.45) is 0.805. The number of carbonyl (C=O) groups excluding carboxylic acids is 1. The number of hydrogen-bond donors (Lipinski definition) is 0. The molecule has 1 amide bonds. The van der Waals surface area contributed by atoms with Crippen molar-refractivity contribution >= 4 is 25.6 Å². The molecule has 1 aromatic heterocycles. The third-order valence-corrected chi connectivity index (χ3v) is 4.50. The van der Waals surface area contributed by atoms with E-state index < -0.39 is 9.05 Å². The van der Waals surface area contributed by atoms with Crippen molar-refractivity contribution < 1.29 is 17.6 Å². The molecule has 1 heterocycles. The van der Waals surface area contributed by atoms with Gasteiger partial charge in [-0.3, -0.25) is 4.79 Å². The van der Waals surface area contributed by atoms with E-state index in [4.69, 9.17) is 15.1 Å². The van der Waals surface area contributed by atoms with E-state index in [0.29, 0.717) is 6.54 Å². The summed E-state index contributed by atoms with van der Waals surface area (Å²) in [5, 5.41) is 0. The maximum atomic E-state index is 12.3. The van der Waals surface area contributed by atoms with Gasteiger partial charge in [0.2, 0.25) is 0 Å². The molecule has 0 spiro atoms. The van der Waals surface area contributed by atoms with Gasteiger partial charge < -0.3 is 9.32 Å². The number of rotatable bonds is 5. The second kappa shape index (κ2) is 5.96. The number of carbonyl (C=O) groups is 1. The summed E-state index contributed by atoms with van der Waals surface area (Å²) in [4.78, 5) is 13.7. The average Bonchev–Trinajstić information content (AvgIpc) is 2.71. The highest BCUT2D eigenvalue weighted by atomic mass is 35.7. The second-order valence-electron chi connectivity index (χ2n) is 4.32. The molecule has 0 aliphatic heterocycles. The Labute approximate surface area is 117 Å². The molecule has 1 atom stereocenters. The molecule has 0 aliphatic rings. The lowest BCUT2D eigenvalue weighted by molar-refractivity contribution is 0.0666. The van der Waals surface area contributed by atoms with Crippen LogP contribution < -0.4 is 0 Å². The third kappa shape index (κ3) is 3.51. The molecular formula is C12H18ClNO4S. The SMILES string of the molecule is CCC(C)N(CC)C(=O)c1cc(S(=O)(=O)Cl)c(C)o1. The molecule has 7 heteroatoms. The summed E-state index contributed by atoms with van der Waals surface area (Å²) in [7, 11) is 1.38. The van der Waals surface area contributed by atoms with Crippen molar-refractivity contribution in [1.29, 1.82) is 0 Å². The molecule has 0 N–H and O–H groups in total. The van der Waals surface area contributed by atoms with Crippen molar-refractivity contribution in [1.82, 2.24) is 4.90 Å². The van der Waals surface area contributed by atoms with Gasteiger partial charge in [0.05, 0.1) is 0 Å². The molecule has 0 fully saturated rings. The lowest BCUT2D eigenvalue weighted by atomic mass is 10.2. The van der Waals surface area contributed by atoms with E-state index in [1.54, 1.807) is 4.90 Å². The first-order chi connectivity index (χ1) is 8.72. The highest BCUT2D eigenvalue weighted by Gasteiger charge is 2.26. The van der Waals surface area contributed by atoms with E-state index >= 15 is 0 Å². The molecule has 108 valence electrons. The predicted molar refractivity (Wildman–Crippen MR) is 72.9 cm³/mol. The van der Waals surface area contributed by atoms with Crippen LogP contribution in [0, 0.1) is 6.92 Å². The fraction of sp³-hybridized carbons (Fsp3) is 0.583. The second-order valence-corrected chi connectivity index (χ2v) is 6.85. The minimum absolute atomic E-state index is 0.00104. The molecule has 0 aromatic carbocycles. The van der Waals surface area contributed by atoms with Crippen LogP contribution in [0.1, 0.15) is 43.5 Å². The molecule has 19 heavy (non-hydrogen) atoms. The van der Waals surface area contributed by atoms with Crippen molar-refractivity contribution in [2.75, 3.05) is 6.54 Å². The maximum Gasteiger partial charge on any atom is 0.289 e. The van der Waals surface area contributed by atoms with E-state index in [1.165, 1.54) is 13.0 Å². The van der Waals surface area contributed by atoms with Crippen molar-refractivity contribution in [3.05, 3.63) is 17.6 Å². The number of aryl methyl sites for hydroxylation is 1. The zero-order chi connectivity index (χ0) is 14.8. The van der Waals surface area contributed by atoms with Crippen LogP contribution in [0.15, 0.2) is 15.4 Å². The lowest BCUT2D eigenvalue weighted by Gasteiger charge is -2.26. The van der Waals surface area contributed by atoms with Gasteiger partial charge in [-0.25, -0.2) is 8.42 Å². The van der Waals surface area contributed by atoms with Crippen LogP contribution >= 0.6 is 10.7 Å². The summed E-state index contributed by atoms with van der Waals surface area (Å²) in [6, 6.07) is 1.24. The van der Waals surface area contributed by atoms with Gasteiger partial charge in [-0.15, -0.1) is 0 Å². The fourth-order valence-electron chi connectivity index (χ4n) is 1.83. The highest BCUT2D eigenvalue weighted by Crippen LogP contribution is 2.24. The van der Waals surface area contributed by atoms with E-state index in [2.05, 4.69) is 0 Å².